The maximum Gasteiger partial charge on any atom is 0.408 e. The molecule has 0 aliphatic carbocycles. The summed E-state index contributed by atoms with van der Waals surface area (Å²) in [5.74, 6) is 0.683. The summed E-state index contributed by atoms with van der Waals surface area (Å²) >= 11 is 0. The molecule has 0 radical (unpaired) electrons. The van der Waals surface area contributed by atoms with Crippen LogP contribution < -0.4 is 10.2 Å². The van der Waals surface area contributed by atoms with E-state index in [9.17, 15) is 9.59 Å². The van der Waals surface area contributed by atoms with Crippen molar-refractivity contribution in [1.29, 1.82) is 5.26 Å². The molecule has 0 unspecified atom stereocenters. The van der Waals surface area contributed by atoms with Gasteiger partial charge in [0.05, 0.1) is 23.0 Å². The number of anilines is 1. The Morgan fingerprint density at radius 3 is 2.67 bits per heavy atom. The van der Waals surface area contributed by atoms with E-state index < -0.39 is 17.7 Å². The van der Waals surface area contributed by atoms with Gasteiger partial charge in [-0.25, -0.2) is 9.78 Å². The molecule has 39 heavy (non-hydrogen) atoms. The summed E-state index contributed by atoms with van der Waals surface area (Å²) in [4.78, 5) is 31.8. The Kier molecular flexibility index (Phi) is 5.76. The molecule has 2 aliphatic heterocycles. The molecule has 1 saturated heterocycles. The summed E-state index contributed by atoms with van der Waals surface area (Å²) < 4.78 is 9.57. The van der Waals surface area contributed by atoms with Gasteiger partial charge in [-0.2, -0.15) is 5.26 Å². The van der Waals surface area contributed by atoms with Crippen LogP contribution in [0.2, 0.25) is 0 Å². The Bertz CT molecular complexity index is 1630. The highest BCUT2D eigenvalue weighted by Crippen LogP contribution is 2.36. The molecular formula is C30H28N6O3. The molecule has 0 bridgehead atoms. The van der Waals surface area contributed by atoms with E-state index in [0.29, 0.717) is 25.1 Å². The van der Waals surface area contributed by atoms with E-state index in [4.69, 9.17) is 10.00 Å². The quantitative estimate of drug-likeness (QED) is 0.365. The second-order valence-electron chi connectivity index (χ2n) is 10.8. The summed E-state index contributed by atoms with van der Waals surface area (Å²) in [6.07, 6.45) is 5.75. The van der Waals surface area contributed by atoms with Gasteiger partial charge in [0.15, 0.2) is 5.82 Å². The number of imidazole rings is 1. The van der Waals surface area contributed by atoms with E-state index in [-0.39, 0.29) is 5.91 Å². The first-order valence-electron chi connectivity index (χ1n) is 12.9. The van der Waals surface area contributed by atoms with Crippen LogP contribution in [-0.2, 0) is 16.1 Å². The minimum absolute atomic E-state index is 0.150. The number of nitrogens with zero attached hydrogens (tertiary/aromatic N) is 5. The molecule has 2 aromatic carbocycles. The van der Waals surface area contributed by atoms with Crippen molar-refractivity contribution in [3.05, 3.63) is 78.2 Å². The van der Waals surface area contributed by atoms with Gasteiger partial charge in [-0.05, 0) is 74.7 Å². The molecule has 2 aliphatic rings. The molecule has 9 heteroatoms. The van der Waals surface area contributed by atoms with Gasteiger partial charge in [-0.1, -0.05) is 12.1 Å². The summed E-state index contributed by atoms with van der Waals surface area (Å²) in [5, 5.41) is 11.9. The highest BCUT2D eigenvalue weighted by Gasteiger charge is 2.35. The van der Waals surface area contributed by atoms with Crippen molar-refractivity contribution in [3.63, 3.8) is 0 Å². The number of hydrogen-bond donors (Lipinski definition) is 1. The number of aromatic nitrogens is 3. The third-order valence-corrected chi connectivity index (χ3v) is 6.99. The highest BCUT2D eigenvalue weighted by molar-refractivity contribution is 6.01. The van der Waals surface area contributed by atoms with Crippen LogP contribution in [0, 0.1) is 11.3 Å². The summed E-state index contributed by atoms with van der Waals surface area (Å²) in [5.41, 5.74) is 5.87. The van der Waals surface area contributed by atoms with Gasteiger partial charge in [0, 0.05) is 42.9 Å². The molecule has 4 aromatic rings. The molecule has 0 spiro atoms. The molecule has 0 saturated carbocycles. The van der Waals surface area contributed by atoms with Gasteiger partial charge in [-0.15, -0.1) is 0 Å². The van der Waals surface area contributed by atoms with Crippen LogP contribution in [0.4, 0.5) is 10.5 Å². The highest BCUT2D eigenvalue weighted by atomic mass is 16.6. The van der Waals surface area contributed by atoms with Gasteiger partial charge in [0.2, 0.25) is 5.91 Å². The van der Waals surface area contributed by atoms with Crippen molar-refractivity contribution in [2.24, 2.45) is 0 Å². The average Bonchev–Trinajstić information content (AvgIpc) is 3.61. The number of rotatable bonds is 3. The molecule has 2 aromatic heterocycles. The van der Waals surface area contributed by atoms with Gasteiger partial charge < -0.3 is 19.5 Å². The van der Waals surface area contributed by atoms with Crippen LogP contribution in [-0.4, -0.2) is 44.3 Å². The number of carbonyl (C=O) groups excluding carboxylic acids is 2. The van der Waals surface area contributed by atoms with Crippen molar-refractivity contribution in [1.82, 2.24) is 19.4 Å². The van der Waals surface area contributed by atoms with Crippen molar-refractivity contribution >= 4 is 17.7 Å². The van der Waals surface area contributed by atoms with Crippen molar-refractivity contribution < 1.29 is 14.3 Å². The fraction of sp³-hybridized carbons (Fsp3) is 0.267. The van der Waals surface area contributed by atoms with Gasteiger partial charge >= 0.3 is 6.09 Å². The first-order chi connectivity index (χ1) is 18.7. The fourth-order valence-corrected chi connectivity index (χ4v) is 5.22. The number of nitrogens with one attached hydrogen (secondary N) is 1. The molecule has 1 N–H and O–H groups in total. The number of amides is 2. The average molecular weight is 521 g/mol. The first kappa shape index (κ1) is 24.5. The van der Waals surface area contributed by atoms with E-state index in [1.54, 1.807) is 31.9 Å². The van der Waals surface area contributed by atoms with Crippen molar-refractivity contribution in [3.8, 4) is 34.4 Å². The minimum atomic E-state index is -0.633. The SMILES string of the molecule is CC(C)(C)OC(=O)N[C@H]1CCN(c2ccc3c(c2)Cn2cc(-c4ccc(C#N)cc4)cc2-c2nccn2-3)C1=O. The third-order valence-electron chi connectivity index (χ3n) is 6.99. The van der Waals surface area contributed by atoms with Crippen LogP contribution in [0.5, 0.6) is 0 Å². The normalized spacial score (nSPS) is 16.1. The van der Waals surface area contributed by atoms with E-state index in [1.807, 2.05) is 48.7 Å². The monoisotopic (exact) mass is 520 g/mol. The Balaban J connectivity index is 1.30. The van der Waals surface area contributed by atoms with Crippen molar-refractivity contribution in [2.45, 2.75) is 45.4 Å². The van der Waals surface area contributed by atoms with Gasteiger partial charge in [0.25, 0.3) is 0 Å². The molecule has 6 rings (SSSR count). The Hall–Kier alpha value is -4.84. The Labute approximate surface area is 226 Å². The molecule has 1 atom stereocenters. The predicted molar refractivity (Wildman–Crippen MR) is 146 cm³/mol. The van der Waals surface area contributed by atoms with Gasteiger partial charge in [0.1, 0.15) is 11.6 Å². The second-order valence-corrected chi connectivity index (χ2v) is 10.8. The standard InChI is InChI=1S/C30H28N6O3/c1-30(2,3)39-29(38)33-24-10-12-35(28(24)37)23-8-9-25-22(14-23)18-34-17-21(20-6-4-19(16-31)5-7-20)15-26(34)27-32-11-13-36(25)27/h4-9,11,13-15,17,24H,10,12,18H2,1-3H3,(H,33,38)/t24-/m0/s1. The first-order valence-corrected chi connectivity index (χ1v) is 12.9. The molecule has 196 valence electrons. The van der Waals surface area contributed by atoms with Gasteiger partial charge in [-0.3, -0.25) is 9.36 Å². The topological polar surface area (TPSA) is 105 Å². The number of nitriles is 1. The van der Waals surface area contributed by atoms with Crippen LogP contribution in [0.1, 0.15) is 38.3 Å². The lowest BCUT2D eigenvalue weighted by Crippen LogP contribution is -2.43. The molecule has 1 fully saturated rings. The molecule has 2 amide bonds. The number of hydrogen-bond acceptors (Lipinski definition) is 5. The van der Waals surface area contributed by atoms with Crippen LogP contribution >= 0.6 is 0 Å². The Morgan fingerprint density at radius 1 is 1.13 bits per heavy atom. The van der Waals surface area contributed by atoms with Crippen LogP contribution in [0.25, 0.3) is 28.3 Å². The fourth-order valence-electron chi connectivity index (χ4n) is 5.22. The van der Waals surface area contributed by atoms with E-state index in [1.165, 1.54) is 0 Å². The largest absolute Gasteiger partial charge is 0.444 e. The number of carbonyl (C=O) groups is 2. The van der Waals surface area contributed by atoms with Crippen LogP contribution in [0.15, 0.2) is 67.1 Å². The maximum absolute atomic E-state index is 13.2. The Morgan fingerprint density at radius 2 is 1.92 bits per heavy atom. The number of ether oxygens (including phenoxy) is 1. The lowest BCUT2D eigenvalue weighted by molar-refractivity contribution is -0.118. The van der Waals surface area contributed by atoms with E-state index >= 15 is 0 Å². The lowest BCUT2D eigenvalue weighted by atomic mass is 10.1. The number of alkyl carbamates (subject to hydrolysis) is 1. The third kappa shape index (κ3) is 4.55. The van der Waals surface area contributed by atoms with Crippen LogP contribution in [0.3, 0.4) is 0 Å². The second kappa shape index (κ2) is 9.17. The minimum Gasteiger partial charge on any atom is -0.444 e. The molecule has 9 nitrogen and oxygen atoms in total. The summed E-state index contributed by atoms with van der Waals surface area (Å²) in [6.45, 7) is 6.48. The molecular weight excluding hydrogens is 492 g/mol. The number of benzene rings is 2. The zero-order valence-corrected chi connectivity index (χ0v) is 22.0. The lowest BCUT2D eigenvalue weighted by Gasteiger charge is -2.22. The zero-order chi connectivity index (χ0) is 27.3. The maximum atomic E-state index is 13.2. The van der Waals surface area contributed by atoms with E-state index in [2.05, 4.69) is 37.8 Å². The van der Waals surface area contributed by atoms with E-state index in [0.717, 1.165) is 39.6 Å². The predicted octanol–water partition coefficient (Wildman–Crippen LogP) is 4.87. The molecule has 4 heterocycles. The summed E-state index contributed by atoms with van der Waals surface area (Å²) in [7, 11) is 0. The van der Waals surface area contributed by atoms with Crippen molar-refractivity contribution in [2.75, 3.05) is 11.4 Å². The summed E-state index contributed by atoms with van der Waals surface area (Å²) in [6, 6.07) is 17.2. The smallest absolute Gasteiger partial charge is 0.408 e. The number of fused-ring (bicyclic) bond motifs is 5. The zero-order valence-electron chi connectivity index (χ0n) is 22.0.